The lowest BCUT2D eigenvalue weighted by Gasteiger charge is -2.05. The van der Waals surface area contributed by atoms with E-state index in [1.54, 1.807) is 0 Å². The largest absolute Gasteiger partial charge is 0.356 e. The minimum Gasteiger partial charge on any atom is -0.356 e. The lowest BCUT2D eigenvalue weighted by molar-refractivity contribution is -0.463. The smallest absolute Gasteiger partial charge is 0.216 e. The Morgan fingerprint density at radius 2 is 1.52 bits per heavy atom. The van der Waals surface area contributed by atoms with E-state index in [1.807, 2.05) is 0 Å². The van der Waals surface area contributed by atoms with Gasteiger partial charge in [0, 0.05) is 17.5 Å². The number of benzene rings is 1. The molecular formula is C19H21N3O3. The molecule has 0 aliphatic heterocycles. The summed E-state index contributed by atoms with van der Waals surface area (Å²) in [7, 11) is 4.23. The third-order valence-electron chi connectivity index (χ3n) is 4.13. The van der Waals surface area contributed by atoms with Gasteiger partial charge in [0.05, 0.1) is 16.2 Å². The van der Waals surface area contributed by atoms with E-state index in [9.17, 15) is 0 Å². The molecule has 0 atom stereocenters. The van der Waals surface area contributed by atoms with Crippen molar-refractivity contribution in [2.24, 2.45) is 0 Å². The van der Waals surface area contributed by atoms with Gasteiger partial charge in [-0.3, -0.25) is 0 Å². The first-order valence-corrected chi connectivity index (χ1v) is 7.82. The maximum atomic E-state index is 8.25. The first-order valence-electron chi connectivity index (χ1n) is 7.82. The lowest BCUT2D eigenvalue weighted by Crippen LogP contribution is -2.17. The Hall–Kier alpha value is -3.15. The SMILES string of the molecule is Cc1c(C(c2ccccc2)=[N+](C)C)c2ccccn2c1C.O=[N+]([O-])[O-]. The molecule has 0 aliphatic rings. The van der Waals surface area contributed by atoms with E-state index >= 15 is 0 Å². The van der Waals surface area contributed by atoms with Gasteiger partial charge in [-0.1, -0.05) is 24.3 Å². The van der Waals surface area contributed by atoms with Crippen molar-refractivity contribution in [3.8, 4) is 0 Å². The monoisotopic (exact) mass is 339 g/mol. The van der Waals surface area contributed by atoms with Gasteiger partial charge in [0.15, 0.2) is 0 Å². The summed E-state index contributed by atoms with van der Waals surface area (Å²) in [5.74, 6) is 0. The van der Waals surface area contributed by atoms with Crippen LogP contribution in [-0.2, 0) is 0 Å². The van der Waals surface area contributed by atoms with E-state index in [0.29, 0.717) is 0 Å². The predicted molar refractivity (Wildman–Crippen MR) is 99.0 cm³/mol. The Morgan fingerprint density at radius 3 is 2.08 bits per heavy atom. The number of rotatable bonds is 2. The number of hydrogen-bond acceptors (Lipinski definition) is 3. The molecule has 3 rings (SSSR count). The number of aryl methyl sites for hydroxylation is 1. The first-order chi connectivity index (χ1) is 11.8. The average Bonchev–Trinajstić information content (AvgIpc) is 2.81. The molecule has 2 aromatic heterocycles. The first kappa shape index (κ1) is 18.2. The zero-order valence-electron chi connectivity index (χ0n) is 14.8. The van der Waals surface area contributed by atoms with Crippen molar-refractivity contribution in [1.29, 1.82) is 0 Å². The summed E-state index contributed by atoms with van der Waals surface area (Å²) < 4.78 is 4.49. The van der Waals surface area contributed by atoms with Crippen LogP contribution in [0.15, 0.2) is 54.7 Å². The predicted octanol–water partition coefficient (Wildman–Crippen LogP) is 3.43. The van der Waals surface area contributed by atoms with Crippen LogP contribution in [0.3, 0.4) is 0 Å². The van der Waals surface area contributed by atoms with Crippen molar-refractivity contribution in [3.05, 3.63) is 92.4 Å². The van der Waals surface area contributed by atoms with Crippen molar-refractivity contribution in [2.75, 3.05) is 14.1 Å². The van der Waals surface area contributed by atoms with Crippen molar-refractivity contribution < 1.29 is 9.66 Å². The average molecular weight is 339 g/mol. The molecule has 0 amide bonds. The summed E-state index contributed by atoms with van der Waals surface area (Å²) in [6.07, 6.45) is 2.14. The normalized spacial score (nSPS) is 10.1. The molecule has 6 nitrogen and oxygen atoms in total. The van der Waals surface area contributed by atoms with Crippen LogP contribution in [-0.4, -0.2) is 33.9 Å². The third kappa shape index (κ3) is 3.85. The van der Waals surface area contributed by atoms with Gasteiger partial charge in [0.1, 0.15) is 14.1 Å². The molecule has 0 spiro atoms. The van der Waals surface area contributed by atoms with Crippen LogP contribution >= 0.6 is 0 Å². The summed E-state index contributed by atoms with van der Waals surface area (Å²) in [6, 6.07) is 17.0. The maximum absolute atomic E-state index is 8.25. The van der Waals surface area contributed by atoms with Gasteiger partial charge in [0.25, 0.3) is 0 Å². The highest BCUT2D eigenvalue weighted by Crippen LogP contribution is 2.25. The van der Waals surface area contributed by atoms with E-state index in [2.05, 4.69) is 91.6 Å². The topological polar surface area (TPSA) is 73.6 Å². The zero-order valence-corrected chi connectivity index (χ0v) is 14.8. The second kappa shape index (κ2) is 7.61. The van der Waals surface area contributed by atoms with Gasteiger partial charge in [-0.2, -0.15) is 0 Å². The molecule has 2 heterocycles. The van der Waals surface area contributed by atoms with Gasteiger partial charge in [-0.15, -0.1) is 0 Å². The highest BCUT2D eigenvalue weighted by atomic mass is 16.9. The molecule has 6 heteroatoms. The summed E-state index contributed by atoms with van der Waals surface area (Å²) in [4.78, 5) is 8.25. The van der Waals surface area contributed by atoms with E-state index in [4.69, 9.17) is 15.3 Å². The molecule has 25 heavy (non-hydrogen) atoms. The minimum atomic E-state index is -1.75. The van der Waals surface area contributed by atoms with Gasteiger partial charge in [0.2, 0.25) is 5.71 Å². The molecule has 1 aromatic carbocycles. The Bertz CT molecular complexity index is 920. The van der Waals surface area contributed by atoms with Crippen LogP contribution in [0.4, 0.5) is 0 Å². The van der Waals surface area contributed by atoms with Crippen molar-refractivity contribution >= 4 is 11.2 Å². The van der Waals surface area contributed by atoms with E-state index in [0.717, 1.165) is 0 Å². The summed E-state index contributed by atoms with van der Waals surface area (Å²) in [5.41, 5.74) is 7.75. The van der Waals surface area contributed by atoms with Crippen LogP contribution in [0.25, 0.3) is 5.52 Å². The van der Waals surface area contributed by atoms with E-state index < -0.39 is 5.09 Å². The molecule has 0 N–H and O–H groups in total. The lowest BCUT2D eigenvalue weighted by atomic mass is 9.99. The van der Waals surface area contributed by atoms with E-state index in [-0.39, 0.29) is 0 Å². The molecule has 0 radical (unpaired) electrons. The quantitative estimate of drug-likeness (QED) is 0.311. The number of aromatic nitrogens is 1. The number of fused-ring (bicyclic) bond motifs is 1. The fourth-order valence-electron chi connectivity index (χ4n) is 3.01. The standard InChI is InChI=1S/C19H21N2.NO3/c1-14-15(2)21-13-9-8-12-17(21)18(14)19(20(3)4)16-10-6-5-7-11-16;2-1(3)4/h5-13H,1-4H3;/q+1;-1. The highest BCUT2D eigenvalue weighted by Gasteiger charge is 2.23. The Labute approximate surface area is 146 Å². The van der Waals surface area contributed by atoms with Crippen LogP contribution in [0.2, 0.25) is 0 Å². The third-order valence-corrected chi connectivity index (χ3v) is 4.13. The Balaban J connectivity index is 0.000000511. The fourth-order valence-corrected chi connectivity index (χ4v) is 3.01. The van der Waals surface area contributed by atoms with Gasteiger partial charge >= 0.3 is 0 Å². The molecular weight excluding hydrogens is 318 g/mol. The molecule has 3 aromatic rings. The van der Waals surface area contributed by atoms with Crippen LogP contribution in [0, 0.1) is 29.2 Å². The summed E-state index contributed by atoms with van der Waals surface area (Å²) in [6.45, 7) is 4.40. The highest BCUT2D eigenvalue weighted by molar-refractivity contribution is 6.15. The van der Waals surface area contributed by atoms with Crippen LogP contribution in [0.5, 0.6) is 0 Å². The molecule has 0 unspecified atom stereocenters. The summed E-state index contributed by atoms with van der Waals surface area (Å²) >= 11 is 0. The second-order valence-corrected chi connectivity index (χ2v) is 5.87. The van der Waals surface area contributed by atoms with Gasteiger partial charge < -0.3 is 19.7 Å². The van der Waals surface area contributed by atoms with Gasteiger partial charge in [-0.25, -0.2) is 4.58 Å². The van der Waals surface area contributed by atoms with Crippen molar-refractivity contribution in [3.63, 3.8) is 0 Å². The van der Waals surface area contributed by atoms with Crippen molar-refractivity contribution in [1.82, 2.24) is 4.40 Å². The molecule has 0 saturated heterocycles. The number of pyridine rings is 1. The number of hydrogen-bond donors (Lipinski definition) is 0. The molecule has 0 aliphatic carbocycles. The van der Waals surface area contributed by atoms with Crippen LogP contribution < -0.4 is 0 Å². The summed E-state index contributed by atoms with van der Waals surface area (Å²) in [5, 5.41) is 14.8. The fraction of sp³-hybridized carbons (Fsp3) is 0.211. The Morgan fingerprint density at radius 1 is 0.960 bits per heavy atom. The van der Waals surface area contributed by atoms with Gasteiger partial charge in [-0.05, 0) is 43.7 Å². The van der Waals surface area contributed by atoms with Crippen LogP contribution in [0.1, 0.15) is 22.4 Å². The maximum Gasteiger partial charge on any atom is 0.216 e. The molecule has 0 saturated carbocycles. The molecule has 0 bridgehead atoms. The number of nitrogens with zero attached hydrogens (tertiary/aromatic N) is 3. The molecule has 130 valence electrons. The zero-order chi connectivity index (χ0) is 18.6. The Kier molecular flexibility index (Phi) is 5.54. The van der Waals surface area contributed by atoms with Crippen molar-refractivity contribution in [2.45, 2.75) is 13.8 Å². The second-order valence-electron chi connectivity index (χ2n) is 5.87. The minimum absolute atomic E-state index is 1.25. The van der Waals surface area contributed by atoms with E-state index in [1.165, 1.54) is 33.6 Å². The molecule has 0 fully saturated rings.